The molecule has 2 N–H and O–H groups in total. The average Bonchev–Trinajstić information content (AvgIpc) is 3.33. The quantitative estimate of drug-likeness (QED) is 0.758. The Kier molecular flexibility index (Phi) is 6.46. The molecule has 0 spiro atoms. The van der Waals surface area contributed by atoms with Crippen molar-refractivity contribution in [2.75, 3.05) is 25.9 Å². The lowest BCUT2D eigenvalue weighted by atomic mass is 9.96. The Hall–Kier alpha value is -0.760. The molecule has 1 aromatic rings. The number of sulfone groups is 1. The zero-order valence-corrected chi connectivity index (χ0v) is 16.7. The zero-order valence-electron chi connectivity index (χ0n) is 14.3. The molecule has 5 nitrogen and oxygen atoms in total. The van der Waals surface area contributed by atoms with Crippen LogP contribution in [0.3, 0.4) is 0 Å². The van der Waals surface area contributed by atoms with Gasteiger partial charge in [0.05, 0.1) is 0 Å². The predicted molar refractivity (Wildman–Crippen MR) is 104 cm³/mol. The number of nitrogens with one attached hydrogen (secondary N) is 2. The number of piperidine rings is 1. The highest BCUT2D eigenvalue weighted by Gasteiger charge is 2.50. The van der Waals surface area contributed by atoms with E-state index in [0.29, 0.717) is 32.5 Å². The Morgan fingerprint density at radius 3 is 2.28 bits per heavy atom. The van der Waals surface area contributed by atoms with E-state index in [-0.39, 0.29) is 23.1 Å². The van der Waals surface area contributed by atoms with Crippen molar-refractivity contribution in [3.05, 3.63) is 30.3 Å². The highest BCUT2D eigenvalue weighted by atomic mass is 35.5. The van der Waals surface area contributed by atoms with Gasteiger partial charge >= 0.3 is 0 Å². The second-order valence-corrected chi connectivity index (χ2v) is 10.7. The summed E-state index contributed by atoms with van der Waals surface area (Å²) in [7, 11) is -3.45. The number of carbonyl (C=O) groups excluding carboxylic acids is 1. The molecule has 1 aliphatic carbocycles. The van der Waals surface area contributed by atoms with E-state index in [2.05, 4.69) is 22.8 Å². The first-order valence-electron chi connectivity index (χ1n) is 8.30. The van der Waals surface area contributed by atoms with Crippen LogP contribution in [-0.4, -0.2) is 49.7 Å². The van der Waals surface area contributed by atoms with Gasteiger partial charge in [0.25, 0.3) is 0 Å². The summed E-state index contributed by atoms with van der Waals surface area (Å²) in [5, 5.41) is 6.09. The van der Waals surface area contributed by atoms with Gasteiger partial charge in [0.2, 0.25) is 5.91 Å². The minimum Gasteiger partial charge on any atom is -0.353 e. The van der Waals surface area contributed by atoms with E-state index in [4.69, 9.17) is 0 Å². The summed E-state index contributed by atoms with van der Waals surface area (Å²) >= 11 is 1.78. The van der Waals surface area contributed by atoms with E-state index in [1.807, 2.05) is 18.2 Å². The number of amides is 1. The summed E-state index contributed by atoms with van der Waals surface area (Å²) in [4.78, 5) is 14.0. The van der Waals surface area contributed by atoms with E-state index < -0.39 is 14.6 Å². The number of thioether (sulfide) groups is 1. The summed E-state index contributed by atoms with van der Waals surface area (Å²) in [6, 6.07) is 10.1. The monoisotopic (exact) mass is 404 g/mol. The van der Waals surface area contributed by atoms with Gasteiger partial charge < -0.3 is 10.6 Å². The molecular formula is C17H25ClN2O3S2. The van der Waals surface area contributed by atoms with Crippen molar-refractivity contribution in [1.29, 1.82) is 0 Å². The number of halogens is 1. The Morgan fingerprint density at radius 2 is 1.76 bits per heavy atom. The van der Waals surface area contributed by atoms with Gasteiger partial charge in [-0.15, -0.1) is 24.2 Å². The predicted octanol–water partition coefficient (Wildman–Crippen LogP) is 2.02. The first kappa shape index (κ1) is 20.6. The van der Waals surface area contributed by atoms with Crippen LogP contribution >= 0.6 is 24.2 Å². The minimum atomic E-state index is -3.45. The van der Waals surface area contributed by atoms with Crippen LogP contribution in [0, 0.1) is 0 Å². The second kappa shape index (κ2) is 7.86. The molecule has 140 valence electrons. The normalized spacial score (nSPS) is 21.0. The average molecular weight is 405 g/mol. The van der Waals surface area contributed by atoms with E-state index in [1.165, 1.54) is 11.2 Å². The number of rotatable bonds is 6. The summed E-state index contributed by atoms with van der Waals surface area (Å²) in [6.07, 6.45) is 3.96. The van der Waals surface area contributed by atoms with E-state index in [0.717, 1.165) is 12.8 Å². The molecule has 2 aliphatic rings. The number of hydrogen-bond donors (Lipinski definition) is 2. The molecule has 1 saturated heterocycles. The smallest absolute Gasteiger partial charge is 0.241 e. The lowest BCUT2D eigenvalue weighted by Crippen LogP contribution is -2.58. The van der Waals surface area contributed by atoms with Gasteiger partial charge in [0.1, 0.15) is 0 Å². The van der Waals surface area contributed by atoms with Crippen LogP contribution in [0.2, 0.25) is 0 Å². The Labute approximate surface area is 160 Å². The fraction of sp³-hybridized carbons (Fsp3) is 0.588. The highest BCUT2D eigenvalue weighted by molar-refractivity contribution is 8.01. The molecule has 1 aromatic carbocycles. The minimum absolute atomic E-state index is 0. The van der Waals surface area contributed by atoms with E-state index in [1.54, 1.807) is 11.8 Å². The van der Waals surface area contributed by atoms with Gasteiger partial charge in [-0.1, -0.05) is 18.2 Å². The standard InChI is InChI=1S/C17H24N2O3S2.ClH/c1-24(21,22)17(9-11-18-12-10-17)15(20)19-13-16(7-8-16)23-14-5-3-2-4-6-14;/h2-6,18H,7-13H2,1H3,(H,19,20);1H. The Morgan fingerprint density at radius 1 is 1.16 bits per heavy atom. The molecule has 1 amide bonds. The van der Waals surface area contributed by atoms with Crippen LogP contribution in [0.5, 0.6) is 0 Å². The maximum atomic E-state index is 12.8. The largest absolute Gasteiger partial charge is 0.353 e. The molecule has 0 radical (unpaired) electrons. The van der Waals surface area contributed by atoms with Gasteiger partial charge in [-0.2, -0.15) is 0 Å². The Balaban J connectivity index is 0.00000225. The van der Waals surface area contributed by atoms with Gasteiger partial charge in [0, 0.05) is 22.4 Å². The van der Waals surface area contributed by atoms with Crippen molar-refractivity contribution < 1.29 is 13.2 Å². The van der Waals surface area contributed by atoms with E-state index >= 15 is 0 Å². The SMILES string of the molecule is CS(=O)(=O)C1(C(=O)NCC2(Sc3ccccc3)CC2)CCNCC1.Cl. The molecule has 1 aliphatic heterocycles. The Bertz CT molecular complexity index is 700. The van der Waals surface area contributed by atoms with Gasteiger partial charge in [-0.25, -0.2) is 8.42 Å². The van der Waals surface area contributed by atoms with Crippen molar-refractivity contribution in [2.24, 2.45) is 0 Å². The lowest BCUT2D eigenvalue weighted by Gasteiger charge is -2.34. The lowest BCUT2D eigenvalue weighted by molar-refractivity contribution is -0.124. The zero-order chi connectivity index (χ0) is 17.3. The maximum absolute atomic E-state index is 12.8. The molecular weight excluding hydrogens is 380 g/mol. The summed E-state index contributed by atoms with van der Waals surface area (Å²) < 4.78 is 23.3. The molecule has 0 aromatic heterocycles. The third-order valence-electron chi connectivity index (χ3n) is 4.99. The molecule has 0 unspecified atom stereocenters. The maximum Gasteiger partial charge on any atom is 0.241 e. The number of hydrogen-bond acceptors (Lipinski definition) is 5. The topological polar surface area (TPSA) is 75.3 Å². The van der Waals surface area contributed by atoms with Crippen LogP contribution in [0.1, 0.15) is 25.7 Å². The second-order valence-electron chi connectivity index (χ2n) is 6.80. The van der Waals surface area contributed by atoms with Crippen LogP contribution < -0.4 is 10.6 Å². The first-order chi connectivity index (χ1) is 11.4. The van der Waals surface area contributed by atoms with Crippen molar-refractivity contribution in [2.45, 2.75) is 40.1 Å². The summed E-state index contributed by atoms with van der Waals surface area (Å²) in [5.41, 5.74) is 0. The van der Waals surface area contributed by atoms with E-state index in [9.17, 15) is 13.2 Å². The summed E-state index contributed by atoms with van der Waals surface area (Å²) in [5.74, 6) is -0.327. The first-order valence-corrected chi connectivity index (χ1v) is 11.0. The fourth-order valence-corrected chi connectivity index (χ4v) is 5.79. The third-order valence-corrected chi connectivity index (χ3v) is 8.50. The van der Waals surface area contributed by atoms with Crippen LogP contribution in [0.4, 0.5) is 0 Å². The molecule has 0 atom stereocenters. The van der Waals surface area contributed by atoms with Gasteiger partial charge in [-0.05, 0) is 50.9 Å². The molecule has 1 saturated carbocycles. The molecule has 1 heterocycles. The van der Waals surface area contributed by atoms with Crippen molar-refractivity contribution in [3.63, 3.8) is 0 Å². The molecule has 0 bridgehead atoms. The molecule has 3 rings (SSSR count). The van der Waals surface area contributed by atoms with Crippen LogP contribution in [-0.2, 0) is 14.6 Å². The molecule has 25 heavy (non-hydrogen) atoms. The van der Waals surface area contributed by atoms with Crippen molar-refractivity contribution >= 4 is 39.9 Å². The molecule has 2 fully saturated rings. The van der Waals surface area contributed by atoms with Crippen LogP contribution in [0.25, 0.3) is 0 Å². The van der Waals surface area contributed by atoms with Gasteiger partial charge in [0.15, 0.2) is 14.6 Å². The highest BCUT2D eigenvalue weighted by Crippen LogP contribution is 2.51. The van der Waals surface area contributed by atoms with Crippen LogP contribution in [0.15, 0.2) is 35.2 Å². The van der Waals surface area contributed by atoms with Gasteiger partial charge in [-0.3, -0.25) is 4.79 Å². The van der Waals surface area contributed by atoms with Crippen molar-refractivity contribution in [1.82, 2.24) is 10.6 Å². The fourth-order valence-electron chi connectivity index (χ4n) is 3.19. The molecule has 8 heteroatoms. The summed E-state index contributed by atoms with van der Waals surface area (Å²) in [6.45, 7) is 1.64. The third kappa shape index (κ3) is 4.51. The van der Waals surface area contributed by atoms with Crippen molar-refractivity contribution in [3.8, 4) is 0 Å². The number of carbonyl (C=O) groups is 1. The number of benzene rings is 1.